The minimum atomic E-state index is 0.334. The number of hydrazine groups is 1. The van der Waals surface area contributed by atoms with Gasteiger partial charge in [-0.2, -0.15) is 0 Å². The molecule has 0 spiro atoms. The zero-order chi connectivity index (χ0) is 14.2. The first-order valence-electron chi connectivity index (χ1n) is 8.15. The Morgan fingerprint density at radius 1 is 1.10 bits per heavy atom. The number of anilines is 1. The van der Waals surface area contributed by atoms with Gasteiger partial charge in [-0.15, -0.1) is 0 Å². The molecule has 114 valence electrons. The first-order chi connectivity index (χ1) is 10.3. The largest absolute Gasteiger partial charge is 0.308 e. The second-order valence-corrected chi connectivity index (χ2v) is 6.51. The van der Waals surface area contributed by atoms with Crippen LogP contribution in [0, 0.1) is 0 Å². The zero-order valence-electron chi connectivity index (χ0n) is 12.5. The van der Waals surface area contributed by atoms with Gasteiger partial charge >= 0.3 is 0 Å². The molecule has 2 bridgehead atoms. The van der Waals surface area contributed by atoms with Crippen LogP contribution in [0.25, 0.3) is 0 Å². The first kappa shape index (κ1) is 13.4. The molecule has 1 aromatic rings. The van der Waals surface area contributed by atoms with Crippen molar-refractivity contribution in [1.29, 1.82) is 0 Å². The Kier molecular flexibility index (Phi) is 3.52. The van der Waals surface area contributed by atoms with Gasteiger partial charge in [0.2, 0.25) is 0 Å². The molecular weight excluding hydrogens is 264 g/mol. The third-order valence-electron chi connectivity index (χ3n) is 5.26. The van der Waals surface area contributed by atoms with Gasteiger partial charge in [-0.25, -0.2) is 15.8 Å². The normalized spacial score (nSPS) is 32.5. The van der Waals surface area contributed by atoms with Gasteiger partial charge in [-0.1, -0.05) is 12.8 Å². The molecule has 5 rings (SSSR count). The maximum absolute atomic E-state index is 5.63. The van der Waals surface area contributed by atoms with Crippen LogP contribution >= 0.6 is 0 Å². The van der Waals surface area contributed by atoms with E-state index in [0.29, 0.717) is 12.0 Å². The van der Waals surface area contributed by atoms with E-state index < -0.39 is 0 Å². The number of fused-ring (bicyclic) bond motifs is 3. The minimum absolute atomic E-state index is 0.334. The molecule has 1 saturated carbocycles. The monoisotopic (exact) mass is 288 g/mol. The number of nitrogens with two attached hydrogens (primary N) is 1. The van der Waals surface area contributed by atoms with Gasteiger partial charge in [-0.3, -0.25) is 9.80 Å². The predicted molar refractivity (Wildman–Crippen MR) is 81.8 cm³/mol. The molecule has 4 fully saturated rings. The number of nitrogens with one attached hydrogen (secondary N) is 1. The van der Waals surface area contributed by atoms with Crippen molar-refractivity contribution in [2.45, 2.75) is 37.6 Å². The van der Waals surface area contributed by atoms with Gasteiger partial charge in [0.25, 0.3) is 0 Å². The minimum Gasteiger partial charge on any atom is -0.308 e. The van der Waals surface area contributed by atoms with E-state index in [2.05, 4.69) is 20.2 Å². The van der Waals surface area contributed by atoms with Gasteiger partial charge in [0.05, 0.1) is 6.04 Å². The summed E-state index contributed by atoms with van der Waals surface area (Å²) in [5, 5.41) is 0. The summed E-state index contributed by atoms with van der Waals surface area (Å²) >= 11 is 0. The highest BCUT2D eigenvalue weighted by Gasteiger charge is 2.35. The van der Waals surface area contributed by atoms with Gasteiger partial charge in [0.1, 0.15) is 11.6 Å². The van der Waals surface area contributed by atoms with Crippen LogP contribution in [0.1, 0.15) is 49.2 Å². The number of rotatable bonds is 3. The zero-order valence-corrected chi connectivity index (χ0v) is 12.5. The Morgan fingerprint density at radius 3 is 2.48 bits per heavy atom. The lowest BCUT2D eigenvalue weighted by atomic mass is 10.0. The van der Waals surface area contributed by atoms with E-state index in [1.165, 1.54) is 44.5 Å². The van der Waals surface area contributed by atoms with Crippen LogP contribution in [0.2, 0.25) is 0 Å². The third kappa shape index (κ3) is 2.52. The molecule has 1 aliphatic carbocycles. The number of piperazine rings is 3. The molecule has 3 saturated heterocycles. The SMILES string of the molecule is NNc1cc(C2CCCC2)nc(C2CN3CCN2CC3)n1. The molecular formula is C15H24N6. The molecule has 6 nitrogen and oxygen atoms in total. The number of hydrogen-bond acceptors (Lipinski definition) is 6. The molecule has 1 aromatic heterocycles. The van der Waals surface area contributed by atoms with Gasteiger partial charge < -0.3 is 5.43 Å². The van der Waals surface area contributed by atoms with Crippen molar-refractivity contribution in [2.75, 3.05) is 38.1 Å². The van der Waals surface area contributed by atoms with E-state index in [1.54, 1.807) is 0 Å². The van der Waals surface area contributed by atoms with Crippen molar-refractivity contribution >= 4 is 5.82 Å². The Balaban J connectivity index is 1.65. The van der Waals surface area contributed by atoms with E-state index in [4.69, 9.17) is 10.8 Å². The van der Waals surface area contributed by atoms with Gasteiger partial charge in [0, 0.05) is 50.4 Å². The predicted octanol–water partition coefficient (Wildman–Crippen LogP) is 1.09. The molecule has 3 aliphatic heterocycles. The molecule has 0 radical (unpaired) electrons. The van der Waals surface area contributed by atoms with Crippen LogP contribution in [-0.4, -0.2) is 52.5 Å². The van der Waals surface area contributed by atoms with Crippen molar-refractivity contribution in [3.63, 3.8) is 0 Å². The first-order valence-corrected chi connectivity index (χ1v) is 8.15. The lowest BCUT2D eigenvalue weighted by Gasteiger charge is -2.46. The van der Waals surface area contributed by atoms with Crippen molar-refractivity contribution < 1.29 is 0 Å². The Bertz CT molecular complexity index is 505. The molecule has 0 amide bonds. The van der Waals surface area contributed by atoms with Crippen LogP contribution in [0.4, 0.5) is 5.82 Å². The summed E-state index contributed by atoms with van der Waals surface area (Å²) in [5.74, 6) is 7.94. The third-order valence-corrected chi connectivity index (χ3v) is 5.26. The second kappa shape index (κ2) is 5.51. The molecule has 1 atom stereocenters. The fourth-order valence-electron chi connectivity index (χ4n) is 4.00. The maximum Gasteiger partial charge on any atom is 0.149 e. The summed E-state index contributed by atoms with van der Waals surface area (Å²) in [6.45, 7) is 5.68. The van der Waals surface area contributed by atoms with E-state index in [9.17, 15) is 0 Å². The highest BCUT2D eigenvalue weighted by molar-refractivity contribution is 5.36. The number of nitrogen functional groups attached to an aromatic ring is 1. The fourth-order valence-corrected chi connectivity index (χ4v) is 4.00. The molecule has 4 aliphatic rings. The van der Waals surface area contributed by atoms with Crippen molar-refractivity contribution in [3.8, 4) is 0 Å². The summed E-state index contributed by atoms with van der Waals surface area (Å²) in [5.41, 5.74) is 3.91. The standard InChI is InChI=1S/C15H24N6/c16-19-14-9-12(11-3-1-2-4-11)17-15(18-14)13-10-20-5-7-21(13)8-6-20/h9,11,13H,1-8,10,16H2,(H,17,18,19). The van der Waals surface area contributed by atoms with Crippen LogP contribution in [-0.2, 0) is 0 Å². The van der Waals surface area contributed by atoms with Crippen LogP contribution in [0.3, 0.4) is 0 Å². The lowest BCUT2D eigenvalue weighted by molar-refractivity contribution is 0.00859. The maximum atomic E-state index is 5.63. The van der Waals surface area contributed by atoms with Crippen molar-refractivity contribution in [1.82, 2.24) is 19.8 Å². The van der Waals surface area contributed by atoms with Crippen molar-refractivity contribution in [3.05, 3.63) is 17.6 Å². The molecule has 3 N–H and O–H groups in total. The molecule has 0 aromatic carbocycles. The average Bonchev–Trinajstić information content (AvgIpc) is 3.10. The second-order valence-electron chi connectivity index (χ2n) is 6.51. The van der Waals surface area contributed by atoms with Gasteiger partial charge in [0.15, 0.2) is 0 Å². The smallest absolute Gasteiger partial charge is 0.149 e. The number of hydrogen-bond donors (Lipinski definition) is 2. The Morgan fingerprint density at radius 2 is 1.86 bits per heavy atom. The summed E-state index contributed by atoms with van der Waals surface area (Å²) in [6, 6.07) is 2.37. The van der Waals surface area contributed by atoms with E-state index >= 15 is 0 Å². The number of nitrogens with zero attached hydrogens (tertiary/aromatic N) is 4. The molecule has 6 heteroatoms. The quantitative estimate of drug-likeness (QED) is 0.641. The van der Waals surface area contributed by atoms with Gasteiger partial charge in [-0.05, 0) is 12.8 Å². The molecule has 4 heterocycles. The Labute approximate surface area is 125 Å². The Hall–Kier alpha value is -1.24. The molecule has 21 heavy (non-hydrogen) atoms. The summed E-state index contributed by atoms with van der Waals surface area (Å²) in [4.78, 5) is 14.6. The van der Waals surface area contributed by atoms with Crippen LogP contribution < -0.4 is 11.3 Å². The number of aromatic nitrogens is 2. The molecule has 1 unspecified atom stereocenters. The summed E-state index contributed by atoms with van der Waals surface area (Å²) in [7, 11) is 0. The highest BCUT2D eigenvalue weighted by Crippen LogP contribution is 2.35. The van der Waals surface area contributed by atoms with E-state index in [1.807, 2.05) is 6.07 Å². The lowest BCUT2D eigenvalue weighted by Crippen LogP contribution is -2.57. The van der Waals surface area contributed by atoms with E-state index in [-0.39, 0.29) is 0 Å². The average molecular weight is 288 g/mol. The van der Waals surface area contributed by atoms with Crippen molar-refractivity contribution in [2.24, 2.45) is 5.84 Å². The topological polar surface area (TPSA) is 70.3 Å². The fraction of sp³-hybridized carbons (Fsp3) is 0.733. The van der Waals surface area contributed by atoms with Crippen LogP contribution in [0.15, 0.2) is 6.07 Å². The van der Waals surface area contributed by atoms with E-state index in [0.717, 1.165) is 31.3 Å². The highest BCUT2D eigenvalue weighted by atomic mass is 15.4. The van der Waals surface area contributed by atoms with Crippen LogP contribution in [0.5, 0.6) is 0 Å². The summed E-state index contributed by atoms with van der Waals surface area (Å²) < 4.78 is 0. The summed E-state index contributed by atoms with van der Waals surface area (Å²) in [6.07, 6.45) is 5.14.